The first-order chi connectivity index (χ1) is 32.9. The molecule has 4 heteroatoms. The van der Waals surface area contributed by atoms with Crippen molar-refractivity contribution in [2.45, 2.75) is 6.92 Å². The second-order valence-electron chi connectivity index (χ2n) is 16.9. The fraction of sp³-hybridized carbons (Fsp3) is 0.0159. The Hall–Kier alpha value is -7.50. The van der Waals surface area contributed by atoms with Gasteiger partial charge < -0.3 is 9.88 Å². The van der Waals surface area contributed by atoms with Crippen molar-refractivity contribution < 1.29 is 0 Å². The van der Waals surface area contributed by atoms with E-state index in [2.05, 4.69) is 273 Å². The Morgan fingerprint density at radius 3 is 1.31 bits per heavy atom. The predicted octanol–water partition coefficient (Wildman–Crippen LogP) is 19.0. The van der Waals surface area contributed by atoms with Crippen LogP contribution in [0, 0.1) is 6.92 Å². The minimum absolute atomic E-state index is 1.09. The lowest BCUT2D eigenvalue weighted by atomic mass is 9.85. The van der Waals surface area contributed by atoms with E-state index in [0.717, 1.165) is 20.3 Å². The van der Waals surface area contributed by atoms with Crippen LogP contribution >= 0.6 is 31.9 Å². The standard InChI is InChI=1S/C39H26Br2.C24H18N2/c1-25-6-23-36-37(24-25)39(31-13-9-27(10-14-31)29-17-21-33(41)22-18-29)35-5-3-2-4-34(35)38(36)30-11-7-26(8-12-30)28-15-19-32(40)20-16-28;1-3-9-18(10-4-1)25-19-15-16-24-22(17-19)21-13-7-8-14-23(21)26(24)20-11-5-2-6-12-20/h2-24H,1H3;1-17,25H. The van der Waals surface area contributed by atoms with Crippen LogP contribution in [0.3, 0.4) is 0 Å². The van der Waals surface area contributed by atoms with Gasteiger partial charge in [0, 0.05) is 36.8 Å². The molecule has 1 heterocycles. The Labute approximate surface area is 408 Å². The molecule has 0 spiro atoms. The second-order valence-corrected chi connectivity index (χ2v) is 18.8. The largest absolute Gasteiger partial charge is 0.356 e. The summed E-state index contributed by atoms with van der Waals surface area (Å²) in [6.45, 7) is 2.18. The van der Waals surface area contributed by atoms with Crippen LogP contribution in [0.2, 0.25) is 0 Å². The van der Waals surface area contributed by atoms with Crippen LogP contribution in [0.25, 0.3) is 93.5 Å². The average molecular weight is 989 g/mol. The number of halogens is 2. The minimum Gasteiger partial charge on any atom is -0.356 e. The summed E-state index contributed by atoms with van der Waals surface area (Å²) in [6, 6.07) is 86.8. The summed E-state index contributed by atoms with van der Waals surface area (Å²) in [7, 11) is 0. The monoisotopic (exact) mass is 986 g/mol. The highest BCUT2D eigenvalue weighted by Crippen LogP contribution is 2.45. The maximum absolute atomic E-state index is 3.55. The maximum atomic E-state index is 3.55. The predicted molar refractivity (Wildman–Crippen MR) is 294 cm³/mol. The van der Waals surface area contributed by atoms with Crippen LogP contribution in [0.4, 0.5) is 11.4 Å². The molecule has 0 saturated carbocycles. The van der Waals surface area contributed by atoms with Crippen LogP contribution in [-0.2, 0) is 0 Å². The van der Waals surface area contributed by atoms with E-state index >= 15 is 0 Å². The van der Waals surface area contributed by atoms with Crippen molar-refractivity contribution in [3.63, 3.8) is 0 Å². The number of benzene rings is 11. The number of para-hydroxylation sites is 3. The van der Waals surface area contributed by atoms with Gasteiger partial charge in [0.1, 0.15) is 0 Å². The minimum atomic E-state index is 1.09. The van der Waals surface area contributed by atoms with Gasteiger partial charge in [0.2, 0.25) is 0 Å². The quantitative estimate of drug-likeness (QED) is 0.158. The highest BCUT2D eigenvalue weighted by atomic mass is 79.9. The first-order valence-electron chi connectivity index (χ1n) is 22.5. The summed E-state index contributed by atoms with van der Waals surface area (Å²) in [5.74, 6) is 0. The molecule has 67 heavy (non-hydrogen) atoms. The van der Waals surface area contributed by atoms with Crippen LogP contribution in [-0.4, -0.2) is 4.57 Å². The number of nitrogens with one attached hydrogen (secondary N) is 1. The van der Waals surface area contributed by atoms with Gasteiger partial charge in [-0.25, -0.2) is 0 Å². The molecular weight excluding hydrogens is 945 g/mol. The number of hydrogen-bond acceptors (Lipinski definition) is 1. The molecule has 0 aliphatic carbocycles. The Morgan fingerprint density at radius 1 is 0.313 bits per heavy atom. The number of hydrogen-bond donors (Lipinski definition) is 1. The Balaban J connectivity index is 0.000000163. The van der Waals surface area contributed by atoms with E-state index in [-0.39, 0.29) is 0 Å². The molecule has 0 saturated heterocycles. The summed E-state index contributed by atoms with van der Waals surface area (Å²) < 4.78 is 4.51. The normalized spacial score (nSPS) is 11.2. The van der Waals surface area contributed by atoms with Crippen LogP contribution in [0.15, 0.2) is 252 Å². The number of rotatable bonds is 7. The molecule has 0 atom stereocenters. The van der Waals surface area contributed by atoms with Crippen LogP contribution in [0.5, 0.6) is 0 Å². The summed E-state index contributed by atoms with van der Waals surface area (Å²) in [6.07, 6.45) is 0. The lowest BCUT2D eigenvalue weighted by molar-refractivity contribution is 1.18. The van der Waals surface area contributed by atoms with Crippen LogP contribution < -0.4 is 5.32 Å². The van der Waals surface area contributed by atoms with Gasteiger partial charge in [0.15, 0.2) is 0 Å². The highest BCUT2D eigenvalue weighted by Gasteiger charge is 2.18. The van der Waals surface area contributed by atoms with Crippen molar-refractivity contribution in [2.24, 2.45) is 0 Å². The van der Waals surface area contributed by atoms with Gasteiger partial charge in [0.25, 0.3) is 0 Å². The van der Waals surface area contributed by atoms with Gasteiger partial charge in [-0.15, -0.1) is 0 Å². The molecule has 0 unspecified atom stereocenters. The zero-order valence-corrected chi connectivity index (χ0v) is 40.0. The zero-order valence-electron chi connectivity index (χ0n) is 36.8. The van der Waals surface area contributed by atoms with E-state index < -0.39 is 0 Å². The van der Waals surface area contributed by atoms with E-state index in [1.165, 1.54) is 99.1 Å². The number of aromatic nitrogens is 1. The van der Waals surface area contributed by atoms with Crippen molar-refractivity contribution in [1.82, 2.24) is 4.57 Å². The topological polar surface area (TPSA) is 17.0 Å². The molecule has 0 aliphatic rings. The molecule has 0 aliphatic heterocycles. The van der Waals surface area contributed by atoms with E-state index in [9.17, 15) is 0 Å². The van der Waals surface area contributed by atoms with Crippen molar-refractivity contribution in [2.75, 3.05) is 5.32 Å². The Morgan fingerprint density at radius 2 is 0.746 bits per heavy atom. The highest BCUT2D eigenvalue weighted by molar-refractivity contribution is 9.10. The van der Waals surface area contributed by atoms with Gasteiger partial charge in [0.05, 0.1) is 11.0 Å². The molecule has 0 bridgehead atoms. The molecule has 0 amide bonds. The molecule has 1 aromatic heterocycles. The molecule has 0 radical (unpaired) electrons. The van der Waals surface area contributed by atoms with E-state index in [0.29, 0.717) is 0 Å². The Kier molecular flexibility index (Phi) is 11.6. The molecule has 12 rings (SSSR count). The average Bonchev–Trinajstić information content (AvgIpc) is 3.71. The Bertz CT molecular complexity index is 3690. The van der Waals surface area contributed by atoms with Crippen molar-refractivity contribution in [1.29, 1.82) is 0 Å². The molecular formula is C63H44Br2N2. The van der Waals surface area contributed by atoms with Crippen molar-refractivity contribution in [3.8, 4) is 50.2 Å². The fourth-order valence-electron chi connectivity index (χ4n) is 9.45. The third-order valence-corrected chi connectivity index (χ3v) is 13.7. The molecule has 12 aromatic rings. The van der Waals surface area contributed by atoms with Gasteiger partial charge in [-0.3, -0.25) is 0 Å². The molecule has 2 nitrogen and oxygen atoms in total. The van der Waals surface area contributed by atoms with Crippen molar-refractivity contribution in [3.05, 3.63) is 257 Å². The maximum Gasteiger partial charge on any atom is 0.0542 e. The summed E-state index contributed by atoms with van der Waals surface area (Å²) in [5, 5.41) is 11.1. The first-order valence-corrected chi connectivity index (χ1v) is 24.1. The second kappa shape index (κ2) is 18.4. The zero-order chi connectivity index (χ0) is 45.3. The fourth-order valence-corrected chi connectivity index (χ4v) is 9.98. The van der Waals surface area contributed by atoms with Crippen molar-refractivity contribution >= 4 is 86.6 Å². The van der Waals surface area contributed by atoms with Gasteiger partial charge in [-0.2, -0.15) is 0 Å². The summed E-state index contributed by atoms with van der Waals surface area (Å²) in [5.41, 5.74) is 17.0. The summed E-state index contributed by atoms with van der Waals surface area (Å²) in [4.78, 5) is 0. The number of fused-ring (bicyclic) bond motifs is 5. The molecule has 320 valence electrons. The van der Waals surface area contributed by atoms with Crippen LogP contribution in [0.1, 0.15) is 5.56 Å². The van der Waals surface area contributed by atoms with Gasteiger partial charge in [-0.1, -0.05) is 207 Å². The SMILES string of the molecule is Cc1ccc2c(-c3ccc(-c4ccc(Br)cc4)cc3)c3ccccc3c(-c3ccc(-c4ccc(Br)cc4)cc3)c2c1.c1ccc(Nc2ccc3c(c2)c2ccccc2n3-c2ccccc2)cc1. The number of anilines is 2. The molecule has 1 N–H and O–H groups in total. The number of aryl methyl sites for hydroxylation is 1. The van der Waals surface area contributed by atoms with Gasteiger partial charge in [-0.05, 0) is 146 Å². The lowest BCUT2D eigenvalue weighted by Crippen LogP contribution is -1.93. The molecule has 11 aromatic carbocycles. The molecule has 0 fully saturated rings. The number of nitrogens with zero attached hydrogens (tertiary/aromatic N) is 1. The first kappa shape index (κ1) is 42.2. The van der Waals surface area contributed by atoms with E-state index in [4.69, 9.17) is 0 Å². The van der Waals surface area contributed by atoms with E-state index in [1.54, 1.807) is 0 Å². The summed E-state index contributed by atoms with van der Waals surface area (Å²) >= 11 is 7.10. The lowest BCUT2D eigenvalue weighted by Gasteiger charge is -2.18. The smallest absolute Gasteiger partial charge is 0.0542 e. The van der Waals surface area contributed by atoms with E-state index in [1.807, 2.05) is 18.2 Å². The van der Waals surface area contributed by atoms with Gasteiger partial charge >= 0.3 is 0 Å². The third kappa shape index (κ3) is 8.47. The third-order valence-electron chi connectivity index (χ3n) is 12.6.